The molecule has 1 amide bonds. The van der Waals surface area contributed by atoms with Gasteiger partial charge < -0.3 is 19.2 Å². The van der Waals surface area contributed by atoms with E-state index >= 15 is 0 Å². The van der Waals surface area contributed by atoms with Crippen molar-refractivity contribution in [2.45, 2.75) is 12.6 Å². The van der Waals surface area contributed by atoms with Gasteiger partial charge in [0.1, 0.15) is 23.3 Å². The molecule has 6 nitrogen and oxygen atoms in total. The third-order valence-corrected chi connectivity index (χ3v) is 5.77. The van der Waals surface area contributed by atoms with Crippen molar-refractivity contribution in [1.29, 1.82) is 0 Å². The summed E-state index contributed by atoms with van der Waals surface area (Å²) in [4.78, 5) is 27.3. The SMILES string of the molecule is COc1cccc(CN2C(=O)C(=O)/C(=C(\O)c3ccc(Cl)c(Cl)c3)C2c2ccco2)c1. The average Bonchev–Trinajstić information content (AvgIpc) is 3.38. The van der Waals surface area contributed by atoms with Gasteiger partial charge in [-0.2, -0.15) is 0 Å². The Morgan fingerprint density at radius 2 is 1.90 bits per heavy atom. The zero-order valence-corrected chi connectivity index (χ0v) is 17.9. The Labute approximate surface area is 188 Å². The van der Waals surface area contributed by atoms with Crippen LogP contribution in [-0.2, 0) is 16.1 Å². The van der Waals surface area contributed by atoms with Gasteiger partial charge in [-0.05, 0) is 48.0 Å². The van der Waals surface area contributed by atoms with Crippen LogP contribution >= 0.6 is 23.2 Å². The molecule has 0 spiro atoms. The number of amides is 1. The zero-order chi connectivity index (χ0) is 22.1. The number of hydrogen-bond acceptors (Lipinski definition) is 5. The van der Waals surface area contributed by atoms with E-state index in [0.717, 1.165) is 5.56 Å². The highest BCUT2D eigenvalue weighted by molar-refractivity contribution is 6.46. The lowest BCUT2D eigenvalue weighted by molar-refractivity contribution is -0.140. The number of furan rings is 1. The minimum absolute atomic E-state index is 0.0822. The molecule has 0 saturated carbocycles. The second kappa shape index (κ2) is 8.49. The molecule has 158 valence electrons. The van der Waals surface area contributed by atoms with Gasteiger partial charge in [-0.1, -0.05) is 35.3 Å². The Morgan fingerprint density at radius 3 is 2.58 bits per heavy atom. The van der Waals surface area contributed by atoms with Gasteiger partial charge in [-0.15, -0.1) is 0 Å². The van der Waals surface area contributed by atoms with Crippen LogP contribution in [0.2, 0.25) is 10.0 Å². The van der Waals surface area contributed by atoms with Crippen molar-refractivity contribution in [3.05, 3.63) is 93.4 Å². The van der Waals surface area contributed by atoms with Crippen LogP contribution in [0.1, 0.15) is 22.9 Å². The van der Waals surface area contributed by atoms with Gasteiger partial charge in [0.15, 0.2) is 0 Å². The summed E-state index contributed by atoms with van der Waals surface area (Å²) in [5.74, 6) is -0.937. The van der Waals surface area contributed by atoms with Crippen molar-refractivity contribution >= 4 is 40.7 Å². The second-order valence-corrected chi connectivity index (χ2v) is 7.74. The number of ether oxygens (including phenoxy) is 1. The Balaban J connectivity index is 1.82. The highest BCUT2D eigenvalue weighted by Crippen LogP contribution is 2.41. The number of aliphatic hydroxyl groups excluding tert-OH is 1. The third-order valence-electron chi connectivity index (χ3n) is 5.03. The maximum atomic E-state index is 13.0. The molecule has 31 heavy (non-hydrogen) atoms. The molecule has 1 aliphatic heterocycles. The van der Waals surface area contributed by atoms with Crippen LogP contribution in [0.5, 0.6) is 5.75 Å². The molecule has 1 N–H and O–H groups in total. The van der Waals surface area contributed by atoms with E-state index < -0.39 is 17.7 Å². The summed E-state index contributed by atoms with van der Waals surface area (Å²) in [6, 6.07) is 14.0. The maximum absolute atomic E-state index is 13.0. The Kier molecular flexibility index (Phi) is 5.76. The van der Waals surface area contributed by atoms with Gasteiger partial charge in [-0.25, -0.2) is 0 Å². The zero-order valence-electron chi connectivity index (χ0n) is 16.3. The molecular weight excluding hydrogens is 441 g/mol. The van der Waals surface area contributed by atoms with Crippen molar-refractivity contribution in [2.75, 3.05) is 7.11 Å². The molecule has 0 radical (unpaired) electrons. The predicted molar refractivity (Wildman–Crippen MR) is 116 cm³/mol. The normalized spacial score (nSPS) is 17.9. The summed E-state index contributed by atoms with van der Waals surface area (Å²) in [6.45, 7) is 0.116. The molecule has 1 atom stereocenters. The van der Waals surface area contributed by atoms with Crippen molar-refractivity contribution in [2.24, 2.45) is 0 Å². The van der Waals surface area contributed by atoms with Crippen molar-refractivity contribution in [1.82, 2.24) is 4.90 Å². The lowest BCUT2D eigenvalue weighted by atomic mass is 9.99. The van der Waals surface area contributed by atoms with Crippen molar-refractivity contribution in [3.63, 3.8) is 0 Å². The van der Waals surface area contributed by atoms with E-state index in [1.54, 1.807) is 37.4 Å². The van der Waals surface area contributed by atoms with E-state index in [4.69, 9.17) is 32.4 Å². The van der Waals surface area contributed by atoms with Gasteiger partial charge in [0, 0.05) is 12.1 Å². The summed E-state index contributed by atoms with van der Waals surface area (Å²) in [5.41, 5.74) is 0.943. The van der Waals surface area contributed by atoms with E-state index in [0.29, 0.717) is 16.5 Å². The first-order chi connectivity index (χ1) is 14.9. The summed E-state index contributed by atoms with van der Waals surface area (Å²) in [6.07, 6.45) is 1.44. The van der Waals surface area contributed by atoms with Crippen LogP contribution in [0.25, 0.3) is 5.76 Å². The fourth-order valence-electron chi connectivity index (χ4n) is 3.55. The lowest BCUT2D eigenvalue weighted by Gasteiger charge is -2.23. The van der Waals surface area contributed by atoms with E-state index in [1.165, 1.54) is 29.4 Å². The minimum Gasteiger partial charge on any atom is -0.507 e. The molecule has 0 bridgehead atoms. The van der Waals surface area contributed by atoms with Gasteiger partial charge in [0.25, 0.3) is 11.7 Å². The Morgan fingerprint density at radius 1 is 1.10 bits per heavy atom. The first-order valence-corrected chi connectivity index (χ1v) is 10.1. The van der Waals surface area contributed by atoms with Crippen LogP contribution in [0.4, 0.5) is 0 Å². The number of carbonyl (C=O) groups is 2. The van der Waals surface area contributed by atoms with Gasteiger partial charge in [0.05, 0.1) is 29.0 Å². The summed E-state index contributed by atoms with van der Waals surface area (Å²) < 4.78 is 10.8. The summed E-state index contributed by atoms with van der Waals surface area (Å²) in [5, 5.41) is 11.5. The number of benzene rings is 2. The quantitative estimate of drug-likeness (QED) is 0.322. The number of ketones is 1. The monoisotopic (exact) mass is 457 g/mol. The lowest BCUT2D eigenvalue weighted by Crippen LogP contribution is -2.29. The molecular formula is C23H17Cl2NO5. The number of nitrogens with zero attached hydrogens (tertiary/aromatic N) is 1. The standard InChI is InChI=1S/C23H17Cl2NO5/c1-30-15-5-2-4-13(10-15)12-26-20(18-6-3-9-31-18)19(22(28)23(26)29)21(27)14-7-8-16(24)17(25)11-14/h2-11,20,27H,12H2,1H3/b21-19-. The number of likely N-dealkylation sites (tertiary alicyclic amines) is 1. The number of halogens is 2. The van der Waals surface area contributed by atoms with Gasteiger partial charge >= 0.3 is 0 Å². The number of carbonyl (C=O) groups excluding carboxylic acids is 2. The minimum atomic E-state index is -0.907. The predicted octanol–water partition coefficient (Wildman–Crippen LogP) is 5.22. The second-order valence-electron chi connectivity index (χ2n) is 6.92. The number of methoxy groups -OCH3 is 1. The summed E-state index contributed by atoms with van der Waals surface area (Å²) in [7, 11) is 1.55. The van der Waals surface area contributed by atoms with Crippen LogP contribution < -0.4 is 4.74 Å². The smallest absolute Gasteiger partial charge is 0.296 e. The molecule has 3 aromatic rings. The molecule has 1 unspecified atom stereocenters. The first kappa shape index (κ1) is 21.0. The van der Waals surface area contributed by atoms with E-state index in [9.17, 15) is 14.7 Å². The van der Waals surface area contributed by atoms with Crippen LogP contribution in [0.15, 0.2) is 70.9 Å². The topological polar surface area (TPSA) is 80.0 Å². The average molecular weight is 458 g/mol. The fraction of sp³-hybridized carbons (Fsp3) is 0.130. The fourth-order valence-corrected chi connectivity index (χ4v) is 3.85. The third kappa shape index (κ3) is 3.92. The molecule has 2 aromatic carbocycles. The highest BCUT2D eigenvalue weighted by Gasteiger charge is 2.47. The number of aliphatic hydroxyl groups is 1. The molecule has 1 aromatic heterocycles. The molecule has 0 aliphatic carbocycles. The number of rotatable bonds is 5. The van der Waals surface area contributed by atoms with Crippen LogP contribution in [0, 0.1) is 0 Å². The maximum Gasteiger partial charge on any atom is 0.296 e. The molecule has 1 fully saturated rings. The Hall–Kier alpha value is -3.22. The molecule has 1 aliphatic rings. The summed E-state index contributed by atoms with van der Waals surface area (Å²) >= 11 is 12.0. The molecule has 8 heteroatoms. The number of hydrogen-bond donors (Lipinski definition) is 1. The van der Waals surface area contributed by atoms with Gasteiger partial charge in [-0.3, -0.25) is 9.59 Å². The van der Waals surface area contributed by atoms with E-state index in [-0.39, 0.29) is 28.5 Å². The largest absolute Gasteiger partial charge is 0.507 e. The first-order valence-electron chi connectivity index (χ1n) is 9.31. The van der Waals surface area contributed by atoms with Crippen LogP contribution in [-0.4, -0.2) is 28.8 Å². The van der Waals surface area contributed by atoms with Gasteiger partial charge in [0.2, 0.25) is 0 Å². The van der Waals surface area contributed by atoms with Crippen molar-refractivity contribution in [3.8, 4) is 5.75 Å². The molecule has 4 rings (SSSR count). The van der Waals surface area contributed by atoms with Crippen molar-refractivity contribution < 1.29 is 23.8 Å². The highest BCUT2D eigenvalue weighted by atomic mass is 35.5. The van der Waals surface area contributed by atoms with E-state index in [1.807, 2.05) is 6.07 Å². The van der Waals surface area contributed by atoms with Crippen LogP contribution in [0.3, 0.4) is 0 Å². The molecule has 1 saturated heterocycles. The van der Waals surface area contributed by atoms with E-state index in [2.05, 4.69) is 0 Å². The molecule has 2 heterocycles. The Bertz CT molecular complexity index is 1190. The number of Topliss-reactive ketones (excluding diaryl/α,β-unsaturated/α-hetero) is 1.